The van der Waals surface area contributed by atoms with Crippen LogP contribution >= 0.6 is 38.6 Å². The van der Waals surface area contributed by atoms with Crippen molar-refractivity contribution in [3.05, 3.63) is 44.0 Å². The first kappa shape index (κ1) is 13.5. The molecule has 3 heterocycles. The van der Waals surface area contributed by atoms with Crippen LogP contribution in [-0.4, -0.2) is 10.9 Å². The zero-order chi connectivity index (χ0) is 14.1. The lowest BCUT2D eigenvalue weighted by atomic mass is 10.3. The maximum absolute atomic E-state index is 12.2. The number of fused-ring (bicyclic) bond motifs is 1. The fraction of sp³-hybridized carbons (Fsp3) is 0.0769. The summed E-state index contributed by atoms with van der Waals surface area (Å²) >= 11 is 6.35. The second-order valence-electron chi connectivity index (χ2n) is 4.11. The lowest BCUT2D eigenvalue weighted by molar-refractivity contribution is 0.0956. The number of pyridine rings is 1. The van der Waals surface area contributed by atoms with Gasteiger partial charge in [-0.2, -0.15) is 0 Å². The van der Waals surface area contributed by atoms with Crippen molar-refractivity contribution in [3.63, 3.8) is 0 Å². The largest absolute Gasteiger partial charge is 0.396 e. The van der Waals surface area contributed by atoms with Gasteiger partial charge in [-0.05, 0) is 34.1 Å². The predicted molar refractivity (Wildman–Crippen MR) is 87.2 cm³/mol. The molecule has 3 N–H and O–H groups in total. The summed E-state index contributed by atoms with van der Waals surface area (Å²) in [5.74, 6) is -0.157. The van der Waals surface area contributed by atoms with Crippen LogP contribution in [-0.2, 0) is 6.54 Å². The third-order valence-electron chi connectivity index (χ3n) is 2.73. The minimum Gasteiger partial charge on any atom is -0.396 e. The molecule has 7 heteroatoms. The first-order valence-corrected chi connectivity index (χ1v) is 8.28. The van der Waals surface area contributed by atoms with Crippen LogP contribution in [0.3, 0.4) is 0 Å². The molecule has 0 aromatic carbocycles. The van der Waals surface area contributed by atoms with Gasteiger partial charge in [-0.3, -0.25) is 9.78 Å². The average molecular weight is 368 g/mol. The molecule has 0 radical (unpaired) electrons. The highest BCUT2D eigenvalue weighted by Crippen LogP contribution is 2.31. The highest BCUT2D eigenvalue weighted by molar-refractivity contribution is 9.10. The lowest BCUT2D eigenvalue weighted by Crippen LogP contribution is -2.22. The third-order valence-corrected chi connectivity index (χ3v) is 5.59. The van der Waals surface area contributed by atoms with E-state index in [0.717, 1.165) is 14.0 Å². The number of carbonyl (C=O) groups is 1. The van der Waals surface area contributed by atoms with Gasteiger partial charge in [-0.25, -0.2) is 0 Å². The van der Waals surface area contributed by atoms with Crippen LogP contribution in [0.5, 0.6) is 0 Å². The summed E-state index contributed by atoms with van der Waals surface area (Å²) in [6, 6.07) is 5.74. The number of anilines is 1. The molecule has 3 aromatic rings. The van der Waals surface area contributed by atoms with Crippen LogP contribution in [0.25, 0.3) is 10.2 Å². The first-order chi connectivity index (χ1) is 9.65. The van der Waals surface area contributed by atoms with Crippen LogP contribution in [0.15, 0.2) is 34.2 Å². The zero-order valence-corrected chi connectivity index (χ0v) is 13.4. The topological polar surface area (TPSA) is 68.0 Å². The fourth-order valence-electron chi connectivity index (χ4n) is 1.81. The summed E-state index contributed by atoms with van der Waals surface area (Å²) in [5, 5.41) is 4.87. The Balaban J connectivity index is 1.80. The lowest BCUT2D eigenvalue weighted by Gasteiger charge is -2.02. The van der Waals surface area contributed by atoms with Crippen molar-refractivity contribution >= 4 is 60.4 Å². The van der Waals surface area contributed by atoms with Crippen LogP contribution in [0.1, 0.15) is 14.5 Å². The van der Waals surface area contributed by atoms with Crippen molar-refractivity contribution in [2.75, 3.05) is 5.73 Å². The molecule has 0 unspecified atom stereocenters. The molecule has 0 aliphatic rings. The number of thiophene rings is 2. The fourth-order valence-corrected chi connectivity index (χ4v) is 4.20. The molecule has 0 saturated heterocycles. The zero-order valence-electron chi connectivity index (χ0n) is 10.2. The van der Waals surface area contributed by atoms with Gasteiger partial charge in [0.05, 0.1) is 16.9 Å². The van der Waals surface area contributed by atoms with E-state index in [-0.39, 0.29) is 5.91 Å². The number of nitrogens with one attached hydrogen (secondary N) is 1. The van der Waals surface area contributed by atoms with Gasteiger partial charge < -0.3 is 11.1 Å². The maximum Gasteiger partial charge on any atom is 0.263 e. The van der Waals surface area contributed by atoms with Crippen molar-refractivity contribution in [1.29, 1.82) is 0 Å². The van der Waals surface area contributed by atoms with Crippen molar-refractivity contribution in [2.45, 2.75) is 6.54 Å². The van der Waals surface area contributed by atoms with Gasteiger partial charge in [0.1, 0.15) is 10.4 Å². The normalized spacial score (nSPS) is 10.8. The van der Waals surface area contributed by atoms with Gasteiger partial charge in [0.25, 0.3) is 5.91 Å². The molecule has 0 aliphatic heterocycles. The Labute approximate surface area is 131 Å². The molecule has 102 valence electrons. The highest BCUT2D eigenvalue weighted by atomic mass is 79.9. The Morgan fingerprint density at radius 2 is 2.35 bits per heavy atom. The summed E-state index contributed by atoms with van der Waals surface area (Å²) in [7, 11) is 0. The highest BCUT2D eigenvalue weighted by Gasteiger charge is 2.16. The van der Waals surface area contributed by atoms with E-state index >= 15 is 0 Å². The van der Waals surface area contributed by atoms with E-state index in [4.69, 9.17) is 5.73 Å². The van der Waals surface area contributed by atoms with Crippen LogP contribution in [0.4, 0.5) is 5.69 Å². The molecule has 3 rings (SSSR count). The van der Waals surface area contributed by atoms with Crippen LogP contribution in [0, 0.1) is 0 Å². The number of rotatable bonds is 3. The number of hydrogen-bond donors (Lipinski definition) is 2. The molecule has 0 spiro atoms. The van der Waals surface area contributed by atoms with Crippen molar-refractivity contribution in [2.24, 2.45) is 0 Å². The van der Waals surface area contributed by atoms with Crippen LogP contribution in [0.2, 0.25) is 0 Å². The van der Waals surface area contributed by atoms with E-state index in [2.05, 4.69) is 26.2 Å². The molecule has 0 fully saturated rings. The first-order valence-electron chi connectivity index (χ1n) is 5.79. The molecule has 4 nitrogen and oxygen atoms in total. The van der Waals surface area contributed by atoms with Crippen molar-refractivity contribution in [1.82, 2.24) is 10.3 Å². The quantitative estimate of drug-likeness (QED) is 0.742. The predicted octanol–water partition coefficient (Wildman–Crippen LogP) is 3.63. The molecule has 0 bridgehead atoms. The number of halogens is 1. The smallest absolute Gasteiger partial charge is 0.263 e. The van der Waals surface area contributed by atoms with Crippen molar-refractivity contribution < 1.29 is 4.79 Å². The van der Waals surface area contributed by atoms with Gasteiger partial charge in [-0.1, -0.05) is 0 Å². The van der Waals surface area contributed by atoms with E-state index in [9.17, 15) is 4.79 Å². The number of nitrogens with zero attached hydrogens (tertiary/aromatic N) is 1. The summed E-state index contributed by atoms with van der Waals surface area (Å²) < 4.78 is 1.95. The standard InChI is InChI=1S/C13H10BrN3OS2/c14-7-4-8(19-6-7)5-17-13(18)12-10(15)11-9(20-12)2-1-3-16-11/h1-4,6H,5,15H2,(H,17,18). The van der Waals surface area contributed by atoms with Gasteiger partial charge in [-0.15, -0.1) is 22.7 Å². The molecule has 1 amide bonds. The Morgan fingerprint density at radius 3 is 3.05 bits per heavy atom. The SMILES string of the molecule is Nc1c(C(=O)NCc2cc(Br)cs2)sc2cccnc12. The van der Waals surface area contributed by atoms with E-state index in [1.54, 1.807) is 17.5 Å². The average Bonchev–Trinajstić information content (AvgIpc) is 3.01. The molecule has 3 aromatic heterocycles. The summed E-state index contributed by atoms with van der Waals surface area (Å²) in [6.07, 6.45) is 1.68. The Morgan fingerprint density at radius 1 is 1.50 bits per heavy atom. The molecule has 0 aliphatic carbocycles. The monoisotopic (exact) mass is 367 g/mol. The van der Waals surface area contributed by atoms with E-state index in [1.165, 1.54) is 11.3 Å². The number of amides is 1. The number of aromatic nitrogens is 1. The second kappa shape index (κ2) is 5.51. The second-order valence-corrected chi connectivity index (χ2v) is 7.07. The number of hydrogen-bond acceptors (Lipinski definition) is 5. The number of nitrogen functional groups attached to an aromatic ring is 1. The van der Waals surface area contributed by atoms with Gasteiger partial charge in [0, 0.05) is 20.9 Å². The molecule has 20 heavy (non-hydrogen) atoms. The van der Waals surface area contributed by atoms with Crippen molar-refractivity contribution in [3.8, 4) is 0 Å². The van der Waals surface area contributed by atoms with E-state index in [0.29, 0.717) is 22.6 Å². The Hall–Kier alpha value is -1.44. The maximum atomic E-state index is 12.2. The minimum absolute atomic E-state index is 0.157. The third kappa shape index (κ3) is 2.56. The van der Waals surface area contributed by atoms with E-state index < -0.39 is 0 Å². The molecule has 0 saturated carbocycles. The van der Waals surface area contributed by atoms with Crippen LogP contribution < -0.4 is 11.1 Å². The Kier molecular flexibility index (Phi) is 3.73. The molecular weight excluding hydrogens is 358 g/mol. The summed E-state index contributed by atoms with van der Waals surface area (Å²) in [5.41, 5.74) is 7.15. The number of carbonyl (C=O) groups excluding carboxylic acids is 1. The molecular formula is C13H10BrN3OS2. The minimum atomic E-state index is -0.157. The van der Waals surface area contributed by atoms with Gasteiger partial charge in [0.15, 0.2) is 0 Å². The van der Waals surface area contributed by atoms with E-state index in [1.807, 2.05) is 23.6 Å². The molecule has 0 atom stereocenters. The summed E-state index contributed by atoms with van der Waals surface area (Å²) in [6.45, 7) is 0.496. The Bertz CT molecular complexity index is 781. The summed E-state index contributed by atoms with van der Waals surface area (Å²) in [4.78, 5) is 18.0. The number of nitrogens with two attached hydrogens (primary N) is 1. The van der Waals surface area contributed by atoms with Gasteiger partial charge in [0.2, 0.25) is 0 Å². The van der Waals surface area contributed by atoms with Gasteiger partial charge >= 0.3 is 0 Å².